The molecule has 0 saturated carbocycles. The molecule has 1 amide bonds. The van der Waals surface area contributed by atoms with Gasteiger partial charge in [-0.15, -0.1) is 0 Å². The molecule has 1 N–H and O–H groups in total. The van der Waals surface area contributed by atoms with Crippen molar-refractivity contribution in [2.45, 2.75) is 43.9 Å². The fourth-order valence-electron chi connectivity index (χ4n) is 5.67. The number of ether oxygens (including phenoxy) is 1. The molecule has 2 aliphatic rings. The summed E-state index contributed by atoms with van der Waals surface area (Å²) in [5.41, 5.74) is -0.397. The minimum absolute atomic E-state index is 0.0106. The molecule has 0 bridgehead atoms. The highest BCUT2D eigenvalue weighted by molar-refractivity contribution is 6.31. The van der Waals surface area contributed by atoms with Gasteiger partial charge in [0.15, 0.2) is 5.69 Å². The second kappa shape index (κ2) is 9.89. The number of halogens is 5. The van der Waals surface area contributed by atoms with Gasteiger partial charge in [0, 0.05) is 48.0 Å². The van der Waals surface area contributed by atoms with Crippen molar-refractivity contribution in [1.82, 2.24) is 14.7 Å². The number of rotatable bonds is 5. The first kappa shape index (κ1) is 26.5. The number of fused-ring (bicyclic) bond motifs is 1. The lowest BCUT2D eigenvalue weighted by Gasteiger charge is -2.34. The number of anilines is 1. The second-order valence-corrected chi connectivity index (χ2v) is 10.2. The number of nitrogens with one attached hydrogen (secondary N) is 1. The van der Waals surface area contributed by atoms with Crippen molar-refractivity contribution in [2.24, 2.45) is 0 Å². The van der Waals surface area contributed by atoms with Gasteiger partial charge in [0.2, 0.25) is 5.91 Å². The largest absolute Gasteiger partial charge is 0.433 e. The smallest absolute Gasteiger partial charge is 0.381 e. The van der Waals surface area contributed by atoms with E-state index in [1.54, 1.807) is 11.8 Å². The number of aromatic nitrogens is 2. The highest BCUT2D eigenvalue weighted by Crippen LogP contribution is 2.43. The van der Waals surface area contributed by atoms with E-state index in [0.29, 0.717) is 60.9 Å². The van der Waals surface area contributed by atoms with Crippen LogP contribution in [-0.4, -0.2) is 46.9 Å². The number of hydrogen-bond donors (Lipinski definition) is 1. The van der Waals surface area contributed by atoms with E-state index in [2.05, 4.69) is 17.0 Å². The van der Waals surface area contributed by atoms with Crippen molar-refractivity contribution in [2.75, 3.05) is 31.6 Å². The van der Waals surface area contributed by atoms with Gasteiger partial charge in [0.05, 0.1) is 17.1 Å². The topological polar surface area (TPSA) is 59.4 Å². The van der Waals surface area contributed by atoms with Crippen molar-refractivity contribution in [3.63, 3.8) is 0 Å². The van der Waals surface area contributed by atoms with Gasteiger partial charge < -0.3 is 15.0 Å². The maximum absolute atomic E-state index is 15.3. The summed E-state index contributed by atoms with van der Waals surface area (Å²) in [6.07, 6.45) is -2.17. The lowest BCUT2D eigenvalue weighted by atomic mass is 9.85. The molecular formula is C27H27ClF4N4O2. The van der Waals surface area contributed by atoms with E-state index in [-0.39, 0.29) is 23.4 Å². The zero-order chi connectivity index (χ0) is 27.2. The van der Waals surface area contributed by atoms with Crippen LogP contribution in [0.5, 0.6) is 0 Å². The SMILES string of the molecule is C=CC(=O)N1CC[C@](Nc2ccc3c(C(F)(F)F)n(C4CCOCC4)nc3c2)(c2c(F)ccc(Cl)c2C)C1. The summed E-state index contributed by atoms with van der Waals surface area (Å²) in [5.74, 6) is -0.786. The molecule has 2 aromatic carbocycles. The Morgan fingerprint density at radius 2 is 2.00 bits per heavy atom. The Balaban J connectivity index is 1.60. The number of likely N-dealkylation sites (tertiary alicyclic amines) is 1. The van der Waals surface area contributed by atoms with E-state index in [1.807, 2.05) is 0 Å². The maximum atomic E-state index is 15.3. The van der Waals surface area contributed by atoms with Crippen LogP contribution in [-0.2, 0) is 21.2 Å². The third-order valence-electron chi connectivity index (χ3n) is 7.47. The van der Waals surface area contributed by atoms with Crippen LogP contribution < -0.4 is 5.32 Å². The summed E-state index contributed by atoms with van der Waals surface area (Å²) >= 11 is 6.35. The molecule has 3 heterocycles. The van der Waals surface area contributed by atoms with Gasteiger partial charge in [0.1, 0.15) is 5.82 Å². The Morgan fingerprint density at radius 1 is 1.26 bits per heavy atom. The van der Waals surface area contributed by atoms with Crippen molar-refractivity contribution in [3.05, 3.63) is 70.6 Å². The van der Waals surface area contributed by atoms with Crippen molar-refractivity contribution >= 4 is 34.1 Å². The first-order chi connectivity index (χ1) is 18.0. The predicted molar refractivity (Wildman–Crippen MR) is 137 cm³/mol. The fraction of sp³-hybridized carbons (Fsp3) is 0.407. The van der Waals surface area contributed by atoms with Crippen LogP contribution in [0.25, 0.3) is 10.9 Å². The Labute approximate surface area is 222 Å². The van der Waals surface area contributed by atoms with Gasteiger partial charge in [-0.3, -0.25) is 9.48 Å². The summed E-state index contributed by atoms with van der Waals surface area (Å²) in [4.78, 5) is 14.0. The highest BCUT2D eigenvalue weighted by atomic mass is 35.5. The first-order valence-corrected chi connectivity index (χ1v) is 12.7. The minimum Gasteiger partial charge on any atom is -0.381 e. The summed E-state index contributed by atoms with van der Waals surface area (Å²) in [7, 11) is 0. The zero-order valence-electron chi connectivity index (χ0n) is 20.7. The molecule has 3 aromatic rings. The molecule has 11 heteroatoms. The average Bonchev–Trinajstić information content (AvgIpc) is 3.49. The van der Waals surface area contributed by atoms with E-state index < -0.39 is 29.3 Å². The van der Waals surface area contributed by atoms with Gasteiger partial charge in [-0.05, 0) is 68.2 Å². The standard InChI is InChI=1S/C27H27ClF4N4O2/c1-3-23(37)35-11-10-26(15-35,24-16(2)20(28)6-7-21(24)29)33-17-4-5-19-22(14-17)34-36(25(19)27(30,31)32)18-8-12-38-13-9-18/h3-7,14,18,33H,1,8-13,15H2,2H3/t26-/m1/s1. The molecule has 0 unspecified atom stereocenters. The molecule has 5 rings (SSSR count). The van der Waals surface area contributed by atoms with Crippen LogP contribution in [0.3, 0.4) is 0 Å². The van der Waals surface area contributed by atoms with Crippen LogP contribution in [0, 0.1) is 12.7 Å². The van der Waals surface area contributed by atoms with Crippen LogP contribution in [0.2, 0.25) is 5.02 Å². The van der Waals surface area contributed by atoms with Gasteiger partial charge in [0.25, 0.3) is 0 Å². The van der Waals surface area contributed by atoms with Gasteiger partial charge in [-0.25, -0.2) is 4.39 Å². The Kier molecular flexibility index (Phi) is 6.89. The fourth-order valence-corrected chi connectivity index (χ4v) is 5.83. The Morgan fingerprint density at radius 3 is 2.68 bits per heavy atom. The number of alkyl halides is 3. The second-order valence-electron chi connectivity index (χ2n) is 9.82. The molecule has 1 aromatic heterocycles. The molecule has 0 spiro atoms. The van der Waals surface area contributed by atoms with Crippen LogP contribution in [0.4, 0.5) is 23.2 Å². The number of nitrogens with zero attached hydrogens (tertiary/aromatic N) is 3. The van der Waals surface area contributed by atoms with Crippen molar-refractivity contribution in [3.8, 4) is 0 Å². The quantitative estimate of drug-likeness (QED) is 0.302. The molecule has 2 fully saturated rings. The van der Waals surface area contributed by atoms with Gasteiger partial charge in [-0.2, -0.15) is 18.3 Å². The zero-order valence-corrected chi connectivity index (χ0v) is 21.5. The number of carbonyl (C=O) groups is 1. The summed E-state index contributed by atoms with van der Waals surface area (Å²) in [6.45, 7) is 6.45. The molecule has 0 radical (unpaired) electrons. The van der Waals surface area contributed by atoms with E-state index >= 15 is 4.39 Å². The minimum atomic E-state index is -4.60. The monoisotopic (exact) mass is 550 g/mol. The highest BCUT2D eigenvalue weighted by Gasteiger charge is 2.44. The molecule has 38 heavy (non-hydrogen) atoms. The normalized spacial score (nSPS) is 20.7. The third kappa shape index (κ3) is 4.64. The lowest BCUT2D eigenvalue weighted by Crippen LogP contribution is -2.41. The number of benzene rings is 2. The molecule has 0 aliphatic carbocycles. The maximum Gasteiger partial charge on any atom is 0.433 e. The lowest BCUT2D eigenvalue weighted by molar-refractivity contribution is -0.144. The number of hydrogen-bond acceptors (Lipinski definition) is 4. The van der Waals surface area contributed by atoms with Crippen molar-refractivity contribution in [1.29, 1.82) is 0 Å². The number of carbonyl (C=O) groups excluding carboxylic acids is 1. The summed E-state index contributed by atoms with van der Waals surface area (Å²) < 4.78 is 64.2. The molecule has 202 valence electrons. The van der Waals surface area contributed by atoms with Crippen LogP contribution in [0.1, 0.15) is 42.1 Å². The van der Waals surface area contributed by atoms with Crippen LogP contribution in [0.15, 0.2) is 43.0 Å². The average molecular weight is 551 g/mol. The Bertz CT molecular complexity index is 1400. The predicted octanol–water partition coefficient (Wildman–Crippen LogP) is 6.23. The van der Waals surface area contributed by atoms with Gasteiger partial charge in [-0.1, -0.05) is 18.2 Å². The first-order valence-electron chi connectivity index (χ1n) is 12.4. The Hall–Kier alpha value is -3.11. The molecule has 1 atom stereocenters. The molecule has 2 aliphatic heterocycles. The summed E-state index contributed by atoms with van der Waals surface area (Å²) in [6, 6.07) is 6.79. The molecular weight excluding hydrogens is 524 g/mol. The molecule has 6 nitrogen and oxygen atoms in total. The van der Waals surface area contributed by atoms with Crippen molar-refractivity contribution < 1.29 is 27.1 Å². The van der Waals surface area contributed by atoms with E-state index in [9.17, 15) is 18.0 Å². The van der Waals surface area contributed by atoms with E-state index in [0.717, 1.165) is 4.68 Å². The third-order valence-corrected chi connectivity index (χ3v) is 7.88. The van der Waals surface area contributed by atoms with Gasteiger partial charge >= 0.3 is 6.18 Å². The summed E-state index contributed by atoms with van der Waals surface area (Å²) in [5, 5.41) is 8.08. The van der Waals surface area contributed by atoms with E-state index in [4.69, 9.17) is 16.3 Å². The van der Waals surface area contributed by atoms with E-state index in [1.165, 1.54) is 36.4 Å². The molecule has 2 saturated heterocycles. The van der Waals surface area contributed by atoms with Crippen LogP contribution >= 0.6 is 11.6 Å². The number of amides is 1.